The van der Waals surface area contributed by atoms with Crippen LogP contribution >= 0.6 is 11.6 Å². The van der Waals surface area contributed by atoms with E-state index in [1.165, 1.54) is 0 Å². The Bertz CT molecular complexity index is 956. The van der Waals surface area contributed by atoms with Crippen molar-refractivity contribution in [3.05, 3.63) is 101 Å². The van der Waals surface area contributed by atoms with Gasteiger partial charge in [-0.1, -0.05) is 29.8 Å². The summed E-state index contributed by atoms with van der Waals surface area (Å²) in [5.74, 6) is -0.819. The van der Waals surface area contributed by atoms with Crippen LogP contribution in [-0.4, -0.2) is 16.8 Å². The van der Waals surface area contributed by atoms with Gasteiger partial charge in [0, 0.05) is 28.7 Å². The lowest BCUT2D eigenvalue weighted by molar-refractivity contribution is -0.113. The number of hydrogen-bond acceptors (Lipinski definition) is 3. The lowest BCUT2D eigenvalue weighted by Gasteiger charge is -2.11. The van der Waals surface area contributed by atoms with E-state index in [0.29, 0.717) is 16.3 Å². The smallest absolute Gasteiger partial charge is 0.272 e. The van der Waals surface area contributed by atoms with Crippen molar-refractivity contribution >= 4 is 35.2 Å². The number of nitrogens with zero attached hydrogens (tertiary/aromatic N) is 1. The number of carbonyl (C=O) groups excluding carboxylic acids is 2. The summed E-state index contributed by atoms with van der Waals surface area (Å²) in [6, 6.07) is 18.9. The van der Waals surface area contributed by atoms with Gasteiger partial charge in [-0.05, 0) is 60.2 Å². The average Bonchev–Trinajstić information content (AvgIpc) is 2.70. The number of benzene rings is 2. The Morgan fingerprint density at radius 3 is 2.22 bits per heavy atom. The Morgan fingerprint density at radius 2 is 1.56 bits per heavy atom. The first-order valence-corrected chi connectivity index (χ1v) is 8.55. The SMILES string of the molecule is O=C(Nc1ccc(Cl)cc1)C(=Cc1ccncc1)NC(=O)c1ccccc1. The third-order valence-electron chi connectivity index (χ3n) is 3.65. The molecule has 0 unspecified atom stereocenters. The molecule has 1 aromatic heterocycles. The summed E-state index contributed by atoms with van der Waals surface area (Å²) in [5, 5.41) is 5.99. The molecular formula is C21H16ClN3O2. The highest BCUT2D eigenvalue weighted by Gasteiger charge is 2.15. The van der Waals surface area contributed by atoms with Crippen LogP contribution in [0.4, 0.5) is 5.69 Å². The van der Waals surface area contributed by atoms with Crippen molar-refractivity contribution in [1.82, 2.24) is 10.3 Å². The number of rotatable bonds is 5. The quantitative estimate of drug-likeness (QED) is 0.656. The molecule has 0 saturated heterocycles. The van der Waals surface area contributed by atoms with Crippen LogP contribution in [0.1, 0.15) is 15.9 Å². The van der Waals surface area contributed by atoms with Crippen LogP contribution in [0.25, 0.3) is 6.08 Å². The predicted octanol–water partition coefficient (Wildman–Crippen LogP) is 4.14. The molecule has 0 saturated carbocycles. The summed E-state index contributed by atoms with van der Waals surface area (Å²) >= 11 is 5.87. The van der Waals surface area contributed by atoms with Crippen molar-refractivity contribution < 1.29 is 9.59 Å². The molecule has 6 heteroatoms. The monoisotopic (exact) mass is 377 g/mol. The van der Waals surface area contributed by atoms with E-state index in [0.717, 1.165) is 5.56 Å². The zero-order valence-corrected chi connectivity index (χ0v) is 15.0. The van der Waals surface area contributed by atoms with E-state index in [4.69, 9.17) is 11.6 Å². The van der Waals surface area contributed by atoms with Crippen LogP contribution in [0, 0.1) is 0 Å². The Labute approximate surface area is 161 Å². The zero-order valence-electron chi connectivity index (χ0n) is 14.2. The van der Waals surface area contributed by atoms with Gasteiger partial charge in [0.05, 0.1) is 0 Å². The summed E-state index contributed by atoms with van der Waals surface area (Å²) in [6.45, 7) is 0. The van der Waals surface area contributed by atoms with Gasteiger partial charge in [-0.25, -0.2) is 0 Å². The number of nitrogens with one attached hydrogen (secondary N) is 2. The normalized spacial score (nSPS) is 10.9. The lowest BCUT2D eigenvalue weighted by atomic mass is 10.2. The topological polar surface area (TPSA) is 71.1 Å². The fourth-order valence-electron chi connectivity index (χ4n) is 2.30. The number of anilines is 1. The molecule has 1 heterocycles. The van der Waals surface area contributed by atoms with Crippen molar-refractivity contribution in [3.63, 3.8) is 0 Å². The number of hydrogen-bond donors (Lipinski definition) is 2. The van der Waals surface area contributed by atoms with Crippen molar-refractivity contribution in [2.75, 3.05) is 5.32 Å². The molecular weight excluding hydrogens is 362 g/mol. The van der Waals surface area contributed by atoms with Gasteiger partial charge in [-0.2, -0.15) is 0 Å². The van der Waals surface area contributed by atoms with E-state index in [1.807, 2.05) is 6.07 Å². The summed E-state index contributed by atoms with van der Waals surface area (Å²) in [4.78, 5) is 29.2. The number of pyridine rings is 1. The second kappa shape index (κ2) is 8.78. The molecule has 0 radical (unpaired) electrons. The second-order valence-electron chi connectivity index (χ2n) is 5.62. The van der Waals surface area contributed by atoms with E-state index < -0.39 is 5.91 Å². The molecule has 2 amide bonds. The Kier molecular flexibility index (Phi) is 5.97. The predicted molar refractivity (Wildman–Crippen MR) is 106 cm³/mol. The molecule has 0 aliphatic rings. The number of amides is 2. The van der Waals surface area contributed by atoms with Crippen LogP contribution in [0.3, 0.4) is 0 Å². The van der Waals surface area contributed by atoms with Crippen LogP contribution in [0.2, 0.25) is 5.02 Å². The highest BCUT2D eigenvalue weighted by molar-refractivity contribution is 6.30. The molecule has 0 atom stereocenters. The summed E-state index contributed by atoms with van der Waals surface area (Å²) in [6.07, 6.45) is 4.81. The van der Waals surface area contributed by atoms with E-state index in [2.05, 4.69) is 15.6 Å². The largest absolute Gasteiger partial charge is 0.321 e. The molecule has 0 spiro atoms. The van der Waals surface area contributed by atoms with Gasteiger partial charge in [0.25, 0.3) is 11.8 Å². The third-order valence-corrected chi connectivity index (χ3v) is 3.90. The van der Waals surface area contributed by atoms with Gasteiger partial charge in [0.1, 0.15) is 5.70 Å². The van der Waals surface area contributed by atoms with Crippen LogP contribution in [0.5, 0.6) is 0 Å². The van der Waals surface area contributed by atoms with E-state index in [1.54, 1.807) is 79.1 Å². The second-order valence-corrected chi connectivity index (χ2v) is 6.06. The Morgan fingerprint density at radius 1 is 0.889 bits per heavy atom. The molecule has 2 N–H and O–H groups in total. The van der Waals surface area contributed by atoms with Crippen molar-refractivity contribution in [3.8, 4) is 0 Å². The molecule has 3 rings (SSSR count). The highest BCUT2D eigenvalue weighted by atomic mass is 35.5. The lowest BCUT2D eigenvalue weighted by Crippen LogP contribution is -2.30. The van der Waals surface area contributed by atoms with Gasteiger partial charge in [-0.3, -0.25) is 14.6 Å². The third kappa shape index (κ3) is 5.26. The minimum Gasteiger partial charge on any atom is -0.321 e. The maximum atomic E-state index is 12.7. The van der Waals surface area contributed by atoms with Gasteiger partial charge in [0.2, 0.25) is 0 Å². The van der Waals surface area contributed by atoms with Crippen molar-refractivity contribution in [2.24, 2.45) is 0 Å². The fourth-order valence-corrected chi connectivity index (χ4v) is 2.43. The molecule has 0 aliphatic heterocycles. The summed E-state index contributed by atoms with van der Waals surface area (Å²) in [5.41, 5.74) is 1.88. The van der Waals surface area contributed by atoms with Crippen LogP contribution in [0.15, 0.2) is 84.8 Å². The Balaban J connectivity index is 1.85. The maximum Gasteiger partial charge on any atom is 0.272 e. The zero-order chi connectivity index (χ0) is 19.1. The summed E-state index contributed by atoms with van der Waals surface area (Å²) < 4.78 is 0. The van der Waals surface area contributed by atoms with Crippen molar-refractivity contribution in [1.29, 1.82) is 0 Å². The number of carbonyl (C=O) groups is 2. The van der Waals surface area contributed by atoms with Gasteiger partial charge < -0.3 is 10.6 Å². The first-order valence-electron chi connectivity index (χ1n) is 8.17. The summed E-state index contributed by atoms with van der Waals surface area (Å²) in [7, 11) is 0. The molecule has 2 aromatic carbocycles. The standard InChI is InChI=1S/C21H16ClN3O2/c22-17-6-8-18(9-7-17)24-21(27)19(14-15-10-12-23-13-11-15)25-20(26)16-4-2-1-3-5-16/h1-14H,(H,24,27)(H,25,26). The number of halogens is 1. The minimum atomic E-state index is -0.446. The molecule has 0 aliphatic carbocycles. The molecule has 0 bridgehead atoms. The van der Waals surface area contributed by atoms with E-state index >= 15 is 0 Å². The number of aromatic nitrogens is 1. The minimum absolute atomic E-state index is 0.116. The molecule has 3 aromatic rings. The molecule has 5 nitrogen and oxygen atoms in total. The van der Waals surface area contributed by atoms with Crippen molar-refractivity contribution in [2.45, 2.75) is 0 Å². The molecule has 134 valence electrons. The first kappa shape index (κ1) is 18.4. The molecule has 27 heavy (non-hydrogen) atoms. The first-order chi connectivity index (χ1) is 13.1. The van der Waals surface area contributed by atoms with Gasteiger partial charge in [-0.15, -0.1) is 0 Å². The van der Waals surface area contributed by atoms with Crippen LogP contribution in [-0.2, 0) is 4.79 Å². The van der Waals surface area contributed by atoms with Gasteiger partial charge >= 0.3 is 0 Å². The van der Waals surface area contributed by atoms with E-state index in [-0.39, 0.29) is 11.6 Å². The molecule has 0 fully saturated rings. The van der Waals surface area contributed by atoms with Gasteiger partial charge in [0.15, 0.2) is 0 Å². The van der Waals surface area contributed by atoms with E-state index in [9.17, 15) is 9.59 Å². The fraction of sp³-hybridized carbons (Fsp3) is 0. The average molecular weight is 378 g/mol. The maximum absolute atomic E-state index is 12.7. The highest BCUT2D eigenvalue weighted by Crippen LogP contribution is 2.15. The van der Waals surface area contributed by atoms with Crippen LogP contribution < -0.4 is 10.6 Å². The Hall–Kier alpha value is -3.44.